The van der Waals surface area contributed by atoms with Crippen LogP contribution in [-0.4, -0.2) is 21.3 Å². The highest BCUT2D eigenvalue weighted by Gasteiger charge is 2.21. The third-order valence-electron chi connectivity index (χ3n) is 4.76. The molecule has 2 aromatic carbocycles. The summed E-state index contributed by atoms with van der Waals surface area (Å²) in [6, 6.07) is 7.67. The lowest BCUT2D eigenvalue weighted by atomic mass is 9.92. The number of aliphatic hydroxyl groups is 1. The maximum absolute atomic E-state index is 9.41. The quantitative estimate of drug-likeness (QED) is 0.487. The monoisotopic (exact) mass is 426 g/mol. The smallest absolute Gasteiger partial charge is 0.302 e. The van der Waals surface area contributed by atoms with E-state index in [4.69, 9.17) is 39.5 Å². The van der Waals surface area contributed by atoms with Gasteiger partial charge in [-0.25, -0.2) is 0 Å². The Morgan fingerprint density at radius 1 is 1.19 bits per heavy atom. The molecule has 0 fully saturated rings. The molecule has 4 nitrogen and oxygen atoms in total. The fourth-order valence-corrected chi connectivity index (χ4v) is 4.19. The summed E-state index contributed by atoms with van der Waals surface area (Å²) in [6.45, 7) is 4.11. The molecule has 3 aromatic rings. The van der Waals surface area contributed by atoms with E-state index in [1.165, 1.54) is 0 Å². The van der Waals surface area contributed by atoms with Crippen molar-refractivity contribution in [3.05, 3.63) is 50.5 Å². The fraction of sp³-hybridized carbons (Fsp3) is 0.350. The first-order valence-corrected chi connectivity index (χ1v) is 9.89. The number of aromatic nitrogens is 2. The summed E-state index contributed by atoms with van der Waals surface area (Å²) in [7, 11) is 1.88. The van der Waals surface area contributed by atoms with Crippen molar-refractivity contribution in [2.75, 3.05) is 6.61 Å². The topological polar surface area (TPSA) is 47.3 Å². The Hall–Kier alpha value is -1.46. The van der Waals surface area contributed by atoms with Crippen molar-refractivity contribution in [2.45, 2.75) is 32.6 Å². The summed E-state index contributed by atoms with van der Waals surface area (Å²) in [5.41, 5.74) is 3.48. The van der Waals surface area contributed by atoms with Crippen molar-refractivity contribution >= 4 is 45.8 Å². The van der Waals surface area contributed by atoms with Gasteiger partial charge in [0.2, 0.25) is 0 Å². The van der Waals surface area contributed by atoms with Crippen molar-refractivity contribution in [3.63, 3.8) is 0 Å². The number of hydrogen-bond acceptors (Lipinski definition) is 3. The molecule has 1 heterocycles. The van der Waals surface area contributed by atoms with Crippen LogP contribution in [0.1, 0.15) is 36.8 Å². The molecule has 144 valence electrons. The molecule has 0 saturated carbocycles. The van der Waals surface area contributed by atoms with E-state index in [0.717, 1.165) is 23.1 Å². The third-order valence-corrected chi connectivity index (χ3v) is 5.56. The molecular formula is C20H21Cl3N2O2. The minimum Gasteiger partial charge on any atom is -0.424 e. The van der Waals surface area contributed by atoms with E-state index in [1.54, 1.807) is 12.1 Å². The van der Waals surface area contributed by atoms with Gasteiger partial charge in [-0.2, -0.15) is 4.98 Å². The second-order valence-corrected chi connectivity index (χ2v) is 7.79. The second kappa shape index (κ2) is 8.27. The van der Waals surface area contributed by atoms with Crippen LogP contribution in [0.25, 0.3) is 11.0 Å². The van der Waals surface area contributed by atoms with Crippen LogP contribution in [0.3, 0.4) is 0 Å². The maximum Gasteiger partial charge on any atom is 0.302 e. The van der Waals surface area contributed by atoms with Crippen molar-refractivity contribution in [1.82, 2.24) is 9.55 Å². The van der Waals surface area contributed by atoms with Crippen LogP contribution in [0.5, 0.6) is 11.8 Å². The highest BCUT2D eigenvalue weighted by molar-refractivity contribution is 6.36. The summed E-state index contributed by atoms with van der Waals surface area (Å²) in [6.07, 6.45) is 1.58. The highest BCUT2D eigenvalue weighted by atomic mass is 35.5. The number of aryl methyl sites for hydroxylation is 2. The Kier molecular flexibility index (Phi) is 6.21. The molecule has 3 rings (SSSR count). The molecule has 0 amide bonds. The Balaban J connectivity index is 2.14. The van der Waals surface area contributed by atoms with Crippen LogP contribution in [0.4, 0.5) is 0 Å². The lowest BCUT2D eigenvalue weighted by Crippen LogP contribution is -2.04. The molecule has 1 N–H and O–H groups in total. The van der Waals surface area contributed by atoms with Crippen molar-refractivity contribution < 1.29 is 9.84 Å². The van der Waals surface area contributed by atoms with Gasteiger partial charge in [0.25, 0.3) is 0 Å². The number of halogens is 3. The van der Waals surface area contributed by atoms with Gasteiger partial charge >= 0.3 is 6.01 Å². The van der Waals surface area contributed by atoms with Gasteiger partial charge in [-0.05, 0) is 55.0 Å². The summed E-state index contributed by atoms with van der Waals surface area (Å²) >= 11 is 18.8. The lowest BCUT2D eigenvalue weighted by molar-refractivity contribution is 0.274. The third kappa shape index (κ3) is 3.90. The van der Waals surface area contributed by atoms with Gasteiger partial charge in [0.15, 0.2) is 5.75 Å². The molecule has 1 atom stereocenters. The van der Waals surface area contributed by atoms with E-state index in [1.807, 2.05) is 30.7 Å². The van der Waals surface area contributed by atoms with Gasteiger partial charge in [-0.15, -0.1) is 0 Å². The molecule has 0 aliphatic rings. The summed E-state index contributed by atoms with van der Waals surface area (Å²) in [5.74, 6) is 0.721. The first kappa shape index (κ1) is 20.3. The molecule has 0 bridgehead atoms. The Bertz CT molecular complexity index is 962. The number of aliphatic hydroxyl groups excluding tert-OH is 1. The van der Waals surface area contributed by atoms with Gasteiger partial charge in [-0.3, -0.25) is 4.57 Å². The SMILES string of the molecule is CCC(CCO)c1ccc(Cl)c2nc(Oc3c(C)cc(Cl)cc3Cl)n(C)c12. The van der Waals surface area contributed by atoms with E-state index in [9.17, 15) is 5.11 Å². The molecule has 1 unspecified atom stereocenters. The van der Waals surface area contributed by atoms with Gasteiger partial charge in [0, 0.05) is 18.7 Å². The maximum atomic E-state index is 9.41. The number of nitrogens with zero attached hydrogens (tertiary/aromatic N) is 2. The molecule has 0 aliphatic carbocycles. The van der Waals surface area contributed by atoms with Crippen molar-refractivity contribution in [3.8, 4) is 11.8 Å². The van der Waals surface area contributed by atoms with Crippen LogP contribution in [0, 0.1) is 6.92 Å². The molecule has 0 radical (unpaired) electrons. The molecule has 27 heavy (non-hydrogen) atoms. The van der Waals surface area contributed by atoms with Crippen molar-refractivity contribution in [2.24, 2.45) is 7.05 Å². The van der Waals surface area contributed by atoms with E-state index >= 15 is 0 Å². The van der Waals surface area contributed by atoms with Gasteiger partial charge < -0.3 is 9.84 Å². The van der Waals surface area contributed by atoms with Crippen LogP contribution in [0.2, 0.25) is 15.1 Å². The van der Waals surface area contributed by atoms with E-state index in [0.29, 0.717) is 38.8 Å². The number of imidazole rings is 1. The van der Waals surface area contributed by atoms with Gasteiger partial charge in [0.1, 0.15) is 5.52 Å². The largest absolute Gasteiger partial charge is 0.424 e. The number of hydrogen-bond donors (Lipinski definition) is 1. The van der Waals surface area contributed by atoms with Gasteiger partial charge in [0.05, 0.1) is 15.6 Å². The van der Waals surface area contributed by atoms with Crippen LogP contribution in [0.15, 0.2) is 24.3 Å². The number of fused-ring (bicyclic) bond motifs is 1. The zero-order valence-corrected chi connectivity index (χ0v) is 17.7. The first-order chi connectivity index (χ1) is 12.9. The van der Waals surface area contributed by atoms with E-state index < -0.39 is 0 Å². The van der Waals surface area contributed by atoms with E-state index in [-0.39, 0.29) is 12.5 Å². The first-order valence-electron chi connectivity index (χ1n) is 8.76. The van der Waals surface area contributed by atoms with Crippen LogP contribution < -0.4 is 4.74 Å². The second-order valence-electron chi connectivity index (χ2n) is 6.54. The average Bonchev–Trinajstić information content (AvgIpc) is 2.94. The molecule has 0 saturated heterocycles. The van der Waals surface area contributed by atoms with E-state index in [2.05, 4.69) is 11.9 Å². The zero-order valence-electron chi connectivity index (χ0n) is 15.4. The number of benzene rings is 2. The fourth-order valence-electron chi connectivity index (χ4n) is 3.36. The summed E-state index contributed by atoms with van der Waals surface area (Å²) in [5, 5.41) is 10.9. The predicted molar refractivity (Wildman–Crippen MR) is 112 cm³/mol. The minimum atomic E-state index is 0.128. The Morgan fingerprint density at radius 3 is 2.56 bits per heavy atom. The summed E-state index contributed by atoms with van der Waals surface area (Å²) in [4.78, 5) is 4.60. The van der Waals surface area contributed by atoms with Crippen molar-refractivity contribution in [1.29, 1.82) is 0 Å². The highest BCUT2D eigenvalue weighted by Crippen LogP contribution is 2.39. The molecular weight excluding hydrogens is 407 g/mol. The number of rotatable bonds is 6. The normalized spacial score (nSPS) is 12.6. The average molecular weight is 428 g/mol. The standard InChI is InChI=1S/C20H21Cl3N2O2/c1-4-12(7-8-26)14-5-6-15(22)17-18(14)25(3)20(24-17)27-19-11(2)9-13(21)10-16(19)23/h5-6,9-10,12,26H,4,7-8H2,1-3H3. The zero-order chi connectivity index (χ0) is 19.7. The Morgan fingerprint density at radius 2 is 1.93 bits per heavy atom. The number of ether oxygens (including phenoxy) is 1. The molecule has 7 heteroatoms. The molecule has 0 aliphatic heterocycles. The summed E-state index contributed by atoms with van der Waals surface area (Å²) < 4.78 is 7.92. The lowest BCUT2D eigenvalue weighted by Gasteiger charge is -2.16. The minimum absolute atomic E-state index is 0.128. The molecule has 0 spiro atoms. The molecule has 1 aromatic heterocycles. The van der Waals surface area contributed by atoms with Crippen LogP contribution in [-0.2, 0) is 7.05 Å². The Labute approximate surface area is 173 Å². The predicted octanol–water partition coefficient (Wildman–Crippen LogP) is 6.51. The van der Waals surface area contributed by atoms with Crippen LogP contribution >= 0.6 is 34.8 Å². The van der Waals surface area contributed by atoms with Gasteiger partial charge in [-0.1, -0.05) is 47.8 Å².